The molecular weight excluding hydrogens is 749 g/mol. The van der Waals surface area contributed by atoms with Gasteiger partial charge in [0.2, 0.25) is 0 Å². The summed E-state index contributed by atoms with van der Waals surface area (Å²) in [6, 6.07) is 16.9. The van der Waals surface area contributed by atoms with Crippen LogP contribution in [-0.4, -0.2) is 8.75 Å². The predicted octanol–water partition coefficient (Wildman–Crippen LogP) is 18.7. The third kappa shape index (κ3) is 12.4. The summed E-state index contributed by atoms with van der Waals surface area (Å²) in [5.41, 5.74) is 6.62. The summed E-state index contributed by atoms with van der Waals surface area (Å²) in [5, 5.41) is 8.18. The zero-order valence-electron chi connectivity index (χ0n) is 36.3. The van der Waals surface area contributed by atoms with Crippen molar-refractivity contribution in [3.8, 4) is 10.4 Å². The van der Waals surface area contributed by atoms with Crippen LogP contribution in [-0.2, 0) is 12.8 Å². The molecular formula is C52H74N2S3. The van der Waals surface area contributed by atoms with Crippen molar-refractivity contribution in [1.82, 2.24) is 8.75 Å². The van der Waals surface area contributed by atoms with E-state index in [-0.39, 0.29) is 0 Å². The molecule has 2 nitrogen and oxygen atoms in total. The lowest BCUT2D eigenvalue weighted by molar-refractivity contribution is 0.391. The van der Waals surface area contributed by atoms with Crippen LogP contribution in [0.1, 0.15) is 193 Å². The number of benzene rings is 3. The molecule has 0 fully saturated rings. The molecule has 3 aromatic carbocycles. The van der Waals surface area contributed by atoms with E-state index in [4.69, 9.17) is 4.37 Å². The number of fused-ring (bicyclic) bond motifs is 7. The zero-order valence-corrected chi connectivity index (χ0v) is 38.7. The van der Waals surface area contributed by atoms with E-state index >= 15 is 0 Å². The fourth-order valence-corrected chi connectivity index (χ4v) is 12.4. The Bertz CT molecular complexity index is 2050. The maximum Gasteiger partial charge on any atom is 0.113 e. The molecule has 0 saturated carbocycles. The topological polar surface area (TPSA) is 25.8 Å². The summed E-state index contributed by atoms with van der Waals surface area (Å²) < 4.78 is 12.3. The molecule has 0 N–H and O–H groups in total. The van der Waals surface area contributed by atoms with Gasteiger partial charge in [-0.2, -0.15) is 8.75 Å². The van der Waals surface area contributed by atoms with Gasteiger partial charge in [-0.25, -0.2) is 0 Å². The number of hydrogen-bond donors (Lipinski definition) is 0. The Kier molecular flexibility index (Phi) is 18.7. The zero-order chi connectivity index (χ0) is 39.7. The minimum absolute atomic E-state index is 0.777. The van der Waals surface area contributed by atoms with Crippen molar-refractivity contribution in [1.29, 1.82) is 0 Å². The van der Waals surface area contributed by atoms with Crippen molar-refractivity contribution in [2.75, 3.05) is 0 Å². The van der Waals surface area contributed by atoms with Crippen molar-refractivity contribution in [3.05, 3.63) is 59.0 Å². The smallest absolute Gasteiger partial charge is 0.113 e. The summed E-state index contributed by atoms with van der Waals surface area (Å²) in [5.74, 6) is 1.56. The van der Waals surface area contributed by atoms with Gasteiger partial charge in [0.15, 0.2) is 0 Å². The Balaban J connectivity index is 1.39. The number of hydrogen-bond acceptors (Lipinski definition) is 5. The molecule has 0 aliphatic heterocycles. The average molecular weight is 823 g/mol. The first kappa shape index (κ1) is 44.2. The Morgan fingerprint density at radius 3 is 1.56 bits per heavy atom. The third-order valence-corrected chi connectivity index (χ3v) is 15.7. The van der Waals surface area contributed by atoms with Crippen LogP contribution in [0, 0.1) is 11.8 Å². The quantitative estimate of drug-likeness (QED) is 0.0441. The fraction of sp³-hybridized carbons (Fsp3) is 0.615. The number of rotatable bonds is 29. The van der Waals surface area contributed by atoms with Gasteiger partial charge in [0.25, 0.3) is 0 Å². The molecule has 6 aromatic rings. The molecule has 3 aromatic heterocycles. The number of unbranched alkanes of at least 4 members (excludes halogenated alkanes) is 16. The lowest BCUT2D eigenvalue weighted by atomic mass is 9.82. The van der Waals surface area contributed by atoms with Gasteiger partial charge in [-0.3, -0.25) is 0 Å². The molecule has 0 aliphatic carbocycles. The van der Waals surface area contributed by atoms with Gasteiger partial charge in [0, 0.05) is 21.2 Å². The summed E-state index contributed by atoms with van der Waals surface area (Å²) in [6.07, 6.45) is 35.7. The SMILES string of the molecule is CCCCCCCCC(CCCCCC)Cc1cc2c(cc1CC(CCCCCC)CCCCCCCC)c1cc(-c3cccc4nsnc34)sc1c1sccc21. The number of thiophene rings is 2. The predicted molar refractivity (Wildman–Crippen MR) is 259 cm³/mol. The van der Waals surface area contributed by atoms with Crippen LogP contribution in [0.15, 0.2) is 47.8 Å². The molecule has 2 atom stereocenters. The fourth-order valence-electron chi connectivity index (χ4n) is 9.57. The largest absolute Gasteiger partial charge is 0.173 e. The summed E-state index contributed by atoms with van der Waals surface area (Å²) >= 11 is 5.22. The van der Waals surface area contributed by atoms with E-state index in [1.807, 2.05) is 22.7 Å². The summed E-state index contributed by atoms with van der Waals surface area (Å²) in [7, 11) is 0. The summed E-state index contributed by atoms with van der Waals surface area (Å²) in [6.45, 7) is 9.38. The summed E-state index contributed by atoms with van der Waals surface area (Å²) in [4.78, 5) is 1.32. The molecule has 6 rings (SSSR count). The van der Waals surface area contributed by atoms with Gasteiger partial charge in [0.1, 0.15) is 11.0 Å². The second-order valence-corrected chi connectivity index (χ2v) is 20.1. The van der Waals surface area contributed by atoms with Crippen LogP contribution in [0.4, 0.5) is 0 Å². The maximum absolute atomic E-state index is 4.76. The van der Waals surface area contributed by atoms with Crippen molar-refractivity contribution < 1.29 is 0 Å². The van der Waals surface area contributed by atoms with E-state index in [9.17, 15) is 0 Å². The molecule has 0 radical (unpaired) electrons. The third-order valence-electron chi connectivity index (χ3n) is 13.0. The van der Waals surface area contributed by atoms with Crippen LogP contribution < -0.4 is 0 Å². The van der Waals surface area contributed by atoms with E-state index in [0.29, 0.717) is 0 Å². The van der Waals surface area contributed by atoms with Crippen LogP contribution in [0.2, 0.25) is 0 Å². The monoisotopic (exact) mass is 823 g/mol. The Morgan fingerprint density at radius 1 is 0.491 bits per heavy atom. The Morgan fingerprint density at radius 2 is 1.00 bits per heavy atom. The van der Waals surface area contributed by atoms with Gasteiger partial charge < -0.3 is 0 Å². The van der Waals surface area contributed by atoms with Crippen molar-refractivity contribution in [2.45, 2.75) is 195 Å². The van der Waals surface area contributed by atoms with Crippen LogP contribution in [0.3, 0.4) is 0 Å². The highest BCUT2D eigenvalue weighted by Crippen LogP contribution is 2.47. The minimum Gasteiger partial charge on any atom is -0.173 e. The van der Waals surface area contributed by atoms with E-state index in [2.05, 4.69) is 79.9 Å². The first-order valence-corrected chi connectivity index (χ1v) is 26.2. The van der Waals surface area contributed by atoms with Crippen molar-refractivity contribution >= 4 is 76.4 Å². The maximum atomic E-state index is 4.76. The molecule has 0 bridgehead atoms. The van der Waals surface area contributed by atoms with Gasteiger partial charge in [-0.1, -0.05) is 206 Å². The first-order valence-electron chi connectivity index (χ1n) is 23.7. The lowest BCUT2D eigenvalue weighted by Gasteiger charge is -2.23. The molecule has 0 spiro atoms. The van der Waals surface area contributed by atoms with E-state index in [0.717, 1.165) is 22.9 Å². The number of aromatic nitrogens is 2. The van der Waals surface area contributed by atoms with Crippen LogP contribution >= 0.6 is 34.4 Å². The molecule has 0 amide bonds. The molecule has 57 heavy (non-hydrogen) atoms. The first-order chi connectivity index (χ1) is 28.1. The molecule has 0 saturated heterocycles. The van der Waals surface area contributed by atoms with Gasteiger partial charge in [-0.05, 0) is 70.2 Å². The van der Waals surface area contributed by atoms with Gasteiger partial charge in [0.05, 0.1) is 21.1 Å². The standard InChI is InChI=1S/C52H74N2S3/c1-5-9-13-17-19-23-28-39(26-21-15-11-7-3)34-41-36-45-43-32-33-55-51(43)52-47(38-49(56-52)44-30-25-31-48-50(44)54-57-53-48)46(45)37-42(41)35-40(27-22-16-12-8-4)29-24-20-18-14-10-6-2/h25,30-33,36-40H,5-24,26-29,34-35H2,1-4H3. The normalized spacial score (nSPS) is 13.2. The van der Waals surface area contributed by atoms with Crippen molar-refractivity contribution in [2.24, 2.45) is 11.8 Å². The average Bonchev–Trinajstić information content (AvgIpc) is 4.01. The van der Waals surface area contributed by atoms with E-state index < -0.39 is 0 Å². The van der Waals surface area contributed by atoms with Crippen LogP contribution in [0.25, 0.3) is 52.4 Å². The highest BCUT2D eigenvalue weighted by atomic mass is 32.1. The Labute approximate surface area is 359 Å². The second kappa shape index (κ2) is 24.0. The molecule has 0 aliphatic rings. The molecule has 310 valence electrons. The minimum atomic E-state index is 0.777. The van der Waals surface area contributed by atoms with Crippen molar-refractivity contribution in [3.63, 3.8) is 0 Å². The molecule has 3 heterocycles. The Hall–Kier alpha value is -2.34. The van der Waals surface area contributed by atoms with E-state index in [1.165, 1.54) is 220 Å². The van der Waals surface area contributed by atoms with Gasteiger partial charge >= 0.3 is 0 Å². The number of nitrogens with zero attached hydrogens (tertiary/aromatic N) is 2. The van der Waals surface area contributed by atoms with Gasteiger partial charge in [-0.15, -0.1) is 22.7 Å². The lowest BCUT2D eigenvalue weighted by Crippen LogP contribution is -2.11. The van der Waals surface area contributed by atoms with E-state index in [1.54, 1.807) is 11.1 Å². The highest BCUT2D eigenvalue weighted by molar-refractivity contribution is 7.28. The highest BCUT2D eigenvalue weighted by Gasteiger charge is 2.21. The second-order valence-electron chi connectivity index (χ2n) is 17.6. The van der Waals surface area contributed by atoms with Crippen LogP contribution in [0.5, 0.6) is 0 Å². The molecule has 2 unspecified atom stereocenters. The molecule has 5 heteroatoms.